The van der Waals surface area contributed by atoms with Gasteiger partial charge in [-0.1, -0.05) is 48.0 Å². The average Bonchev–Trinajstić information content (AvgIpc) is 2.99. The van der Waals surface area contributed by atoms with Crippen molar-refractivity contribution < 1.29 is 29.6 Å². The van der Waals surface area contributed by atoms with Gasteiger partial charge in [0.15, 0.2) is 0 Å². The highest BCUT2D eigenvalue weighted by atomic mass is 35.5. The Labute approximate surface area is 182 Å². The number of hydrogen-bond donors (Lipinski definition) is 3. The highest BCUT2D eigenvalue weighted by Crippen LogP contribution is 2.36. The molecule has 6 nitrogen and oxygen atoms in total. The van der Waals surface area contributed by atoms with Crippen molar-refractivity contribution in [1.29, 1.82) is 0 Å². The second-order valence-corrected chi connectivity index (χ2v) is 7.64. The van der Waals surface area contributed by atoms with Crippen LogP contribution in [0.5, 0.6) is 5.75 Å². The Morgan fingerprint density at radius 2 is 2.07 bits per heavy atom. The van der Waals surface area contributed by atoms with Crippen LogP contribution in [0, 0.1) is 11.8 Å². The first-order valence-electron chi connectivity index (χ1n) is 9.91. The SMILES string of the molecule is COC(=O)/C=C/C/C=C/CC1C(O)CC(O)C1/C=C/C(O)COc1cccc(Cl)c1. The molecule has 1 aromatic rings. The maximum atomic E-state index is 11.0. The summed E-state index contributed by atoms with van der Waals surface area (Å²) in [5.41, 5.74) is 0. The van der Waals surface area contributed by atoms with Crippen molar-refractivity contribution in [2.24, 2.45) is 11.8 Å². The summed E-state index contributed by atoms with van der Waals surface area (Å²) in [5, 5.41) is 31.3. The lowest BCUT2D eigenvalue weighted by Gasteiger charge is -2.19. The minimum atomic E-state index is -0.853. The minimum absolute atomic E-state index is 0.0549. The molecule has 5 unspecified atom stereocenters. The fourth-order valence-corrected chi connectivity index (χ4v) is 3.60. The van der Waals surface area contributed by atoms with Crippen LogP contribution >= 0.6 is 11.6 Å². The van der Waals surface area contributed by atoms with Crippen molar-refractivity contribution in [3.8, 4) is 5.75 Å². The normalized spacial score (nSPS) is 25.4. The fourth-order valence-electron chi connectivity index (χ4n) is 3.42. The molecule has 1 aliphatic rings. The van der Waals surface area contributed by atoms with Crippen LogP contribution in [0.2, 0.25) is 5.02 Å². The molecule has 0 aliphatic heterocycles. The van der Waals surface area contributed by atoms with E-state index in [0.29, 0.717) is 30.0 Å². The molecule has 1 aromatic carbocycles. The van der Waals surface area contributed by atoms with Gasteiger partial charge in [0.1, 0.15) is 18.5 Å². The number of benzene rings is 1. The number of aliphatic hydroxyl groups is 3. The molecule has 0 aromatic heterocycles. The number of hydrogen-bond acceptors (Lipinski definition) is 6. The van der Waals surface area contributed by atoms with Crippen molar-refractivity contribution in [2.45, 2.75) is 37.6 Å². The maximum Gasteiger partial charge on any atom is 0.330 e. The zero-order valence-corrected chi connectivity index (χ0v) is 17.7. The van der Waals surface area contributed by atoms with Gasteiger partial charge in [0.2, 0.25) is 0 Å². The molecular weight excluding hydrogens is 408 g/mol. The molecular formula is C23H29ClO6. The standard InChI is InChI=1S/C23H29ClO6/c1-29-23(28)10-5-3-2-4-9-19-20(22(27)14-21(19)26)12-11-17(25)15-30-18-8-6-7-16(24)13-18/h2,4-8,10-13,17,19-22,25-27H,3,9,14-15H2,1H3/b4-2+,10-5+,12-11+. The molecule has 3 N–H and O–H groups in total. The quantitative estimate of drug-likeness (QED) is 0.296. The molecule has 5 atom stereocenters. The summed E-state index contributed by atoms with van der Waals surface area (Å²) in [7, 11) is 1.32. The van der Waals surface area contributed by atoms with E-state index in [9.17, 15) is 20.1 Å². The van der Waals surface area contributed by atoms with Crippen LogP contribution in [-0.4, -0.2) is 53.3 Å². The molecule has 30 heavy (non-hydrogen) atoms. The van der Waals surface area contributed by atoms with Crippen LogP contribution < -0.4 is 4.74 Å². The zero-order chi connectivity index (χ0) is 21.9. The Morgan fingerprint density at radius 3 is 2.80 bits per heavy atom. The smallest absolute Gasteiger partial charge is 0.330 e. The van der Waals surface area contributed by atoms with Crippen LogP contribution in [0.3, 0.4) is 0 Å². The Balaban J connectivity index is 1.85. The number of ether oxygens (including phenoxy) is 2. The third kappa shape index (κ3) is 7.95. The number of carbonyl (C=O) groups excluding carboxylic acids is 1. The van der Waals surface area contributed by atoms with Crippen molar-refractivity contribution in [3.05, 3.63) is 65.7 Å². The second-order valence-electron chi connectivity index (χ2n) is 7.20. The summed E-state index contributed by atoms with van der Waals surface area (Å²) < 4.78 is 10.0. The van der Waals surface area contributed by atoms with Crippen LogP contribution in [0.4, 0.5) is 0 Å². The summed E-state index contributed by atoms with van der Waals surface area (Å²) in [6.45, 7) is 0.0549. The second kappa shape index (κ2) is 12.5. The molecule has 164 valence electrons. The molecule has 0 amide bonds. The van der Waals surface area contributed by atoms with Gasteiger partial charge in [-0.15, -0.1) is 0 Å². The van der Waals surface area contributed by atoms with Gasteiger partial charge in [-0.3, -0.25) is 0 Å². The summed E-state index contributed by atoms with van der Waals surface area (Å²) >= 11 is 5.91. The van der Waals surface area contributed by atoms with Gasteiger partial charge in [0, 0.05) is 23.4 Å². The first-order valence-corrected chi connectivity index (χ1v) is 10.3. The Morgan fingerprint density at radius 1 is 1.27 bits per heavy atom. The van der Waals surface area contributed by atoms with Gasteiger partial charge in [0.05, 0.1) is 19.3 Å². The number of methoxy groups -OCH3 is 1. The molecule has 0 bridgehead atoms. The monoisotopic (exact) mass is 436 g/mol. The summed E-state index contributed by atoms with van der Waals surface area (Å²) in [6.07, 6.45) is 9.51. The number of esters is 1. The molecule has 0 radical (unpaired) electrons. The number of carbonyl (C=O) groups is 1. The van der Waals surface area contributed by atoms with Crippen molar-refractivity contribution in [3.63, 3.8) is 0 Å². The molecule has 2 rings (SSSR count). The van der Waals surface area contributed by atoms with E-state index in [-0.39, 0.29) is 18.4 Å². The third-order valence-electron chi connectivity index (χ3n) is 4.99. The summed E-state index contributed by atoms with van der Waals surface area (Å²) in [6, 6.07) is 6.92. The molecule has 0 heterocycles. The first kappa shape index (κ1) is 24.2. The molecule has 1 saturated carbocycles. The van der Waals surface area contributed by atoms with Crippen molar-refractivity contribution in [1.82, 2.24) is 0 Å². The highest BCUT2D eigenvalue weighted by Gasteiger charge is 2.39. The largest absolute Gasteiger partial charge is 0.491 e. The predicted octanol–water partition coefficient (Wildman–Crippen LogP) is 3.06. The van der Waals surface area contributed by atoms with Gasteiger partial charge < -0.3 is 24.8 Å². The lowest BCUT2D eigenvalue weighted by atomic mass is 9.89. The lowest BCUT2D eigenvalue weighted by molar-refractivity contribution is -0.134. The van der Waals surface area contributed by atoms with Crippen LogP contribution in [0.25, 0.3) is 0 Å². The van der Waals surface area contributed by atoms with Crippen molar-refractivity contribution in [2.75, 3.05) is 13.7 Å². The zero-order valence-electron chi connectivity index (χ0n) is 16.9. The van der Waals surface area contributed by atoms with E-state index in [4.69, 9.17) is 16.3 Å². The number of halogens is 1. The van der Waals surface area contributed by atoms with Gasteiger partial charge in [-0.2, -0.15) is 0 Å². The first-order chi connectivity index (χ1) is 14.4. The van der Waals surface area contributed by atoms with Crippen molar-refractivity contribution >= 4 is 17.6 Å². The summed E-state index contributed by atoms with van der Waals surface area (Å²) in [4.78, 5) is 11.0. The van der Waals surface area contributed by atoms with Crippen LogP contribution in [0.15, 0.2) is 60.7 Å². The van der Waals surface area contributed by atoms with E-state index in [1.165, 1.54) is 13.2 Å². The molecule has 0 saturated heterocycles. The number of allylic oxidation sites excluding steroid dienone is 3. The van der Waals surface area contributed by atoms with E-state index in [1.54, 1.807) is 42.5 Å². The summed E-state index contributed by atoms with van der Waals surface area (Å²) in [5.74, 6) is -0.259. The maximum absolute atomic E-state index is 11.0. The minimum Gasteiger partial charge on any atom is -0.491 e. The predicted molar refractivity (Wildman–Crippen MR) is 115 cm³/mol. The van der Waals surface area contributed by atoms with Crippen LogP contribution in [-0.2, 0) is 9.53 Å². The molecule has 1 aliphatic carbocycles. The van der Waals surface area contributed by atoms with Gasteiger partial charge in [-0.05, 0) is 37.0 Å². The van der Waals surface area contributed by atoms with Crippen LogP contribution in [0.1, 0.15) is 19.3 Å². The molecule has 7 heteroatoms. The van der Waals surface area contributed by atoms with Gasteiger partial charge in [0.25, 0.3) is 0 Å². The fraction of sp³-hybridized carbons (Fsp3) is 0.435. The van der Waals surface area contributed by atoms with E-state index in [1.807, 2.05) is 12.2 Å². The van der Waals surface area contributed by atoms with E-state index in [2.05, 4.69) is 4.74 Å². The third-order valence-corrected chi connectivity index (χ3v) is 5.23. The molecule has 1 fully saturated rings. The van der Waals surface area contributed by atoms with E-state index >= 15 is 0 Å². The number of aliphatic hydroxyl groups excluding tert-OH is 3. The Kier molecular flexibility index (Phi) is 10.1. The average molecular weight is 437 g/mol. The van der Waals surface area contributed by atoms with Gasteiger partial charge in [-0.25, -0.2) is 4.79 Å². The molecule has 0 spiro atoms. The lowest BCUT2D eigenvalue weighted by Crippen LogP contribution is -2.21. The van der Waals surface area contributed by atoms with Gasteiger partial charge >= 0.3 is 5.97 Å². The number of rotatable bonds is 10. The topological polar surface area (TPSA) is 96.2 Å². The Hall–Kier alpha value is -2.12. The van der Waals surface area contributed by atoms with E-state index < -0.39 is 24.3 Å². The highest BCUT2D eigenvalue weighted by molar-refractivity contribution is 6.30. The van der Waals surface area contributed by atoms with E-state index in [0.717, 1.165) is 0 Å². The Bertz CT molecular complexity index is 760.